The predicted octanol–water partition coefficient (Wildman–Crippen LogP) is 1.41. The number of hydrogen-bond donors (Lipinski definition) is 3. The van der Waals surface area contributed by atoms with Gasteiger partial charge in [0, 0.05) is 24.6 Å². The number of amides is 1. The molecule has 4 N–H and O–H groups in total. The Morgan fingerprint density at radius 1 is 1.45 bits per heavy atom. The van der Waals surface area contributed by atoms with Crippen molar-refractivity contribution in [3.05, 3.63) is 29.3 Å². The largest absolute Gasteiger partial charge is 0.378 e. The van der Waals surface area contributed by atoms with Gasteiger partial charge in [0.05, 0.1) is 6.10 Å². The van der Waals surface area contributed by atoms with Gasteiger partial charge in [-0.15, -0.1) is 0 Å². The van der Waals surface area contributed by atoms with Gasteiger partial charge in [0.25, 0.3) is 5.91 Å². The van der Waals surface area contributed by atoms with Crippen molar-refractivity contribution >= 4 is 11.6 Å². The number of carbonyl (C=O) groups excluding carboxylic acids is 1. The van der Waals surface area contributed by atoms with Crippen LogP contribution in [0.4, 0.5) is 14.5 Å². The van der Waals surface area contributed by atoms with Crippen LogP contribution < -0.4 is 16.6 Å². The molecular weight excluding hydrogens is 268 g/mol. The lowest BCUT2D eigenvalue weighted by molar-refractivity contribution is 0.0906. The van der Waals surface area contributed by atoms with Gasteiger partial charge in [0.1, 0.15) is 5.69 Å². The van der Waals surface area contributed by atoms with E-state index in [4.69, 9.17) is 10.6 Å². The first-order valence-corrected chi connectivity index (χ1v) is 6.38. The Kier molecular flexibility index (Phi) is 4.51. The molecule has 1 heterocycles. The normalized spacial score (nSPS) is 21.8. The first-order valence-electron chi connectivity index (χ1n) is 6.38. The second kappa shape index (κ2) is 6.15. The van der Waals surface area contributed by atoms with Crippen LogP contribution in [-0.4, -0.2) is 25.2 Å². The van der Waals surface area contributed by atoms with Crippen LogP contribution in [0.25, 0.3) is 0 Å². The summed E-state index contributed by atoms with van der Waals surface area (Å²) in [7, 11) is 0. The topological polar surface area (TPSA) is 76.4 Å². The minimum atomic E-state index is -0.907. The quantitative estimate of drug-likeness (QED) is 0.577. The lowest BCUT2D eigenvalue weighted by Crippen LogP contribution is -2.32. The zero-order valence-electron chi connectivity index (χ0n) is 11.1. The highest BCUT2D eigenvalue weighted by Gasteiger charge is 2.24. The molecule has 1 saturated heterocycles. The summed E-state index contributed by atoms with van der Waals surface area (Å²) < 4.78 is 32.4. The average molecular weight is 285 g/mol. The number of carbonyl (C=O) groups is 1. The van der Waals surface area contributed by atoms with Crippen LogP contribution in [0.2, 0.25) is 0 Å². The maximum absolute atomic E-state index is 13.5. The minimum absolute atomic E-state index is 0.0765. The zero-order valence-corrected chi connectivity index (χ0v) is 11.1. The average Bonchev–Trinajstić information content (AvgIpc) is 2.81. The number of halogens is 2. The molecule has 0 spiro atoms. The number of nitrogen functional groups attached to an aromatic ring is 1. The van der Waals surface area contributed by atoms with E-state index in [0.717, 1.165) is 18.6 Å². The number of ether oxygens (including phenoxy) is 1. The molecule has 0 aliphatic carbocycles. The van der Waals surface area contributed by atoms with Crippen molar-refractivity contribution in [2.24, 2.45) is 11.8 Å². The van der Waals surface area contributed by atoms with Crippen molar-refractivity contribution in [1.82, 2.24) is 5.32 Å². The molecule has 1 aromatic rings. The molecule has 0 aromatic heterocycles. The first-order chi connectivity index (χ1) is 9.52. The molecule has 0 saturated carbocycles. The summed E-state index contributed by atoms with van der Waals surface area (Å²) in [6.07, 6.45) is 0.938. The van der Waals surface area contributed by atoms with Gasteiger partial charge < -0.3 is 15.5 Å². The molecule has 1 aliphatic rings. The van der Waals surface area contributed by atoms with Gasteiger partial charge in [-0.1, -0.05) is 0 Å². The predicted molar refractivity (Wildman–Crippen MR) is 70.0 cm³/mol. The third-order valence-corrected chi connectivity index (χ3v) is 3.51. The fourth-order valence-electron chi connectivity index (χ4n) is 2.21. The SMILES string of the molecule is CC1OCCC1CNC(=O)c1cc(F)c(NN)c(F)c1. The Balaban J connectivity index is 2.02. The van der Waals surface area contributed by atoms with E-state index >= 15 is 0 Å². The molecule has 110 valence electrons. The van der Waals surface area contributed by atoms with Crippen LogP contribution in [0.1, 0.15) is 23.7 Å². The molecule has 0 radical (unpaired) electrons. The number of nitrogens with two attached hydrogens (primary N) is 1. The zero-order chi connectivity index (χ0) is 14.7. The highest BCUT2D eigenvalue weighted by atomic mass is 19.1. The maximum atomic E-state index is 13.5. The van der Waals surface area contributed by atoms with Crippen molar-refractivity contribution in [2.45, 2.75) is 19.4 Å². The second-order valence-electron chi connectivity index (χ2n) is 4.79. The summed E-state index contributed by atoms with van der Waals surface area (Å²) in [6.45, 7) is 3.02. The Morgan fingerprint density at radius 3 is 2.60 bits per heavy atom. The van der Waals surface area contributed by atoms with E-state index in [1.54, 1.807) is 0 Å². The summed E-state index contributed by atoms with van der Waals surface area (Å²) in [5, 5.41) is 2.66. The first kappa shape index (κ1) is 14.7. The molecule has 1 aliphatic heterocycles. The fourth-order valence-corrected chi connectivity index (χ4v) is 2.21. The number of rotatable bonds is 4. The monoisotopic (exact) mass is 285 g/mol. The van der Waals surface area contributed by atoms with Crippen LogP contribution in [0.5, 0.6) is 0 Å². The van der Waals surface area contributed by atoms with Crippen LogP contribution in [0.3, 0.4) is 0 Å². The van der Waals surface area contributed by atoms with E-state index in [1.807, 2.05) is 12.3 Å². The molecule has 2 unspecified atom stereocenters. The standard InChI is InChI=1S/C13H17F2N3O2/c1-7-8(2-3-20-7)6-17-13(19)9-4-10(14)12(18-16)11(15)5-9/h4-5,7-8,18H,2-3,6,16H2,1H3,(H,17,19). The van der Waals surface area contributed by atoms with Crippen LogP contribution >= 0.6 is 0 Å². The van der Waals surface area contributed by atoms with Crippen molar-refractivity contribution in [1.29, 1.82) is 0 Å². The molecule has 20 heavy (non-hydrogen) atoms. The van der Waals surface area contributed by atoms with Gasteiger partial charge in [0.2, 0.25) is 0 Å². The van der Waals surface area contributed by atoms with E-state index < -0.39 is 23.2 Å². The second-order valence-corrected chi connectivity index (χ2v) is 4.79. The third-order valence-electron chi connectivity index (χ3n) is 3.51. The van der Waals surface area contributed by atoms with Crippen LogP contribution in [0.15, 0.2) is 12.1 Å². The number of hydrazine groups is 1. The number of hydrogen-bond acceptors (Lipinski definition) is 4. The van der Waals surface area contributed by atoms with Gasteiger partial charge in [-0.25, -0.2) is 8.78 Å². The van der Waals surface area contributed by atoms with Crippen molar-refractivity contribution in [2.75, 3.05) is 18.6 Å². The molecule has 1 aromatic carbocycles. The highest BCUT2D eigenvalue weighted by Crippen LogP contribution is 2.21. The molecule has 1 fully saturated rings. The summed E-state index contributed by atoms with van der Waals surface area (Å²) in [4.78, 5) is 11.9. The van der Waals surface area contributed by atoms with Gasteiger partial charge in [-0.05, 0) is 25.5 Å². The summed E-state index contributed by atoms with van der Waals surface area (Å²) in [6, 6.07) is 1.89. The highest BCUT2D eigenvalue weighted by molar-refractivity contribution is 5.94. The van der Waals surface area contributed by atoms with E-state index in [1.165, 1.54) is 0 Å². The molecule has 0 bridgehead atoms. The van der Waals surface area contributed by atoms with E-state index in [-0.39, 0.29) is 17.6 Å². The lowest BCUT2D eigenvalue weighted by Gasteiger charge is -2.15. The van der Waals surface area contributed by atoms with Crippen LogP contribution in [-0.2, 0) is 4.74 Å². The summed E-state index contributed by atoms with van der Waals surface area (Å²) >= 11 is 0. The van der Waals surface area contributed by atoms with Gasteiger partial charge in [-0.3, -0.25) is 10.6 Å². The molecule has 7 heteroatoms. The molecule has 5 nitrogen and oxygen atoms in total. The molecule has 1 amide bonds. The van der Waals surface area contributed by atoms with E-state index in [9.17, 15) is 13.6 Å². The van der Waals surface area contributed by atoms with E-state index in [2.05, 4.69) is 5.32 Å². The van der Waals surface area contributed by atoms with Gasteiger partial charge in [-0.2, -0.15) is 0 Å². The van der Waals surface area contributed by atoms with E-state index in [0.29, 0.717) is 13.2 Å². The summed E-state index contributed by atoms with van der Waals surface area (Å²) in [5.41, 5.74) is 1.38. The van der Waals surface area contributed by atoms with Crippen LogP contribution in [0, 0.1) is 17.6 Å². The smallest absolute Gasteiger partial charge is 0.251 e. The number of nitrogens with one attached hydrogen (secondary N) is 2. The molecule has 2 atom stereocenters. The van der Waals surface area contributed by atoms with Crippen molar-refractivity contribution in [3.8, 4) is 0 Å². The number of benzene rings is 1. The molecule has 2 rings (SSSR count). The van der Waals surface area contributed by atoms with Crippen molar-refractivity contribution in [3.63, 3.8) is 0 Å². The Morgan fingerprint density at radius 2 is 2.10 bits per heavy atom. The minimum Gasteiger partial charge on any atom is -0.378 e. The lowest BCUT2D eigenvalue weighted by atomic mass is 10.0. The Hall–Kier alpha value is -1.73. The third kappa shape index (κ3) is 3.05. The number of anilines is 1. The van der Waals surface area contributed by atoms with Gasteiger partial charge >= 0.3 is 0 Å². The Labute approximate surface area is 115 Å². The maximum Gasteiger partial charge on any atom is 0.251 e. The fraction of sp³-hybridized carbons (Fsp3) is 0.462. The van der Waals surface area contributed by atoms with Crippen molar-refractivity contribution < 1.29 is 18.3 Å². The molecular formula is C13H17F2N3O2. The Bertz CT molecular complexity index is 487. The summed E-state index contributed by atoms with van der Waals surface area (Å²) in [5.74, 6) is 2.87. The van der Waals surface area contributed by atoms with Gasteiger partial charge in [0.15, 0.2) is 11.6 Å².